The Morgan fingerprint density at radius 3 is 3.00 bits per heavy atom. The van der Waals surface area contributed by atoms with Crippen molar-refractivity contribution in [3.05, 3.63) is 16.2 Å². The first-order valence-corrected chi connectivity index (χ1v) is 7.57. The third kappa shape index (κ3) is 2.08. The van der Waals surface area contributed by atoms with Crippen LogP contribution >= 0.6 is 22.9 Å². The van der Waals surface area contributed by atoms with Crippen LogP contribution in [0.5, 0.6) is 0 Å². The van der Waals surface area contributed by atoms with E-state index in [1.807, 2.05) is 0 Å². The summed E-state index contributed by atoms with van der Waals surface area (Å²) in [7, 11) is 0. The van der Waals surface area contributed by atoms with Crippen molar-refractivity contribution in [2.24, 2.45) is 5.92 Å². The summed E-state index contributed by atoms with van der Waals surface area (Å²) in [4.78, 5) is 13.5. The predicted molar refractivity (Wildman–Crippen MR) is 77.8 cm³/mol. The minimum absolute atomic E-state index is 0.363. The van der Waals surface area contributed by atoms with Gasteiger partial charge in [0.1, 0.15) is 10.6 Å². The molecule has 1 aliphatic rings. The molecule has 2 aromatic rings. The molecule has 1 unspecified atom stereocenters. The van der Waals surface area contributed by atoms with Crippen molar-refractivity contribution >= 4 is 39.0 Å². The summed E-state index contributed by atoms with van der Waals surface area (Å²) in [6, 6.07) is 2.22. The van der Waals surface area contributed by atoms with E-state index in [0.29, 0.717) is 5.28 Å². The summed E-state index contributed by atoms with van der Waals surface area (Å²) in [5.41, 5.74) is 0. The molecule has 0 saturated carbocycles. The zero-order valence-corrected chi connectivity index (χ0v) is 12.2. The number of hydrogen-bond acceptors (Lipinski definition) is 4. The molecule has 0 aliphatic carbocycles. The van der Waals surface area contributed by atoms with Gasteiger partial charge in [-0.3, -0.25) is 0 Å². The fourth-order valence-corrected chi connectivity index (χ4v) is 3.65. The zero-order chi connectivity index (χ0) is 12.7. The number of nitrogens with zero attached hydrogens (tertiary/aromatic N) is 3. The summed E-state index contributed by atoms with van der Waals surface area (Å²) in [5.74, 6) is 1.75. The van der Waals surface area contributed by atoms with Crippen molar-refractivity contribution in [2.75, 3.05) is 18.0 Å². The largest absolute Gasteiger partial charge is 0.356 e. The van der Waals surface area contributed by atoms with E-state index >= 15 is 0 Å². The predicted octanol–water partition coefficient (Wildman–Crippen LogP) is 3.75. The lowest BCUT2D eigenvalue weighted by Crippen LogP contribution is -2.20. The van der Waals surface area contributed by atoms with E-state index in [-0.39, 0.29) is 0 Å². The third-order valence-corrected chi connectivity index (χ3v) is 4.81. The number of thiophene rings is 1. The van der Waals surface area contributed by atoms with Gasteiger partial charge in [0.05, 0.1) is 5.39 Å². The van der Waals surface area contributed by atoms with Crippen molar-refractivity contribution in [3.63, 3.8) is 0 Å². The number of aryl methyl sites for hydroxylation is 1. The van der Waals surface area contributed by atoms with Gasteiger partial charge in [0.15, 0.2) is 0 Å². The summed E-state index contributed by atoms with van der Waals surface area (Å²) < 4.78 is 0. The van der Waals surface area contributed by atoms with E-state index in [1.165, 1.54) is 11.3 Å². The van der Waals surface area contributed by atoms with E-state index < -0.39 is 0 Å². The summed E-state index contributed by atoms with van der Waals surface area (Å²) in [5, 5.41) is 1.52. The first-order chi connectivity index (χ1) is 8.67. The monoisotopic (exact) mass is 281 g/mol. The Balaban J connectivity index is 2.11. The lowest BCUT2D eigenvalue weighted by Gasteiger charge is -2.17. The molecule has 1 aliphatic heterocycles. The highest BCUT2D eigenvalue weighted by atomic mass is 35.5. The van der Waals surface area contributed by atoms with Crippen LogP contribution in [-0.2, 0) is 6.42 Å². The van der Waals surface area contributed by atoms with Crippen LogP contribution in [-0.4, -0.2) is 23.1 Å². The highest BCUT2D eigenvalue weighted by Gasteiger charge is 2.23. The third-order valence-electron chi connectivity index (χ3n) is 3.47. The van der Waals surface area contributed by atoms with Crippen LogP contribution in [0.2, 0.25) is 5.28 Å². The van der Waals surface area contributed by atoms with E-state index in [9.17, 15) is 0 Å². The molecule has 0 aromatic carbocycles. The molecule has 0 amide bonds. The van der Waals surface area contributed by atoms with Gasteiger partial charge in [0, 0.05) is 18.0 Å². The lowest BCUT2D eigenvalue weighted by molar-refractivity contribution is 0.659. The number of rotatable bonds is 2. The van der Waals surface area contributed by atoms with Crippen molar-refractivity contribution < 1.29 is 0 Å². The molecule has 0 bridgehead atoms. The SMILES string of the molecule is CCc1cc2c(N3CCC(C)C3)nc(Cl)nc2s1. The molecule has 0 radical (unpaired) electrons. The maximum absolute atomic E-state index is 6.05. The molecular formula is C13H16ClN3S. The van der Waals surface area contributed by atoms with E-state index in [4.69, 9.17) is 11.6 Å². The second-order valence-electron chi connectivity index (χ2n) is 4.94. The quantitative estimate of drug-likeness (QED) is 0.785. The first-order valence-electron chi connectivity index (χ1n) is 6.38. The van der Waals surface area contributed by atoms with Gasteiger partial charge in [-0.25, -0.2) is 4.98 Å². The van der Waals surface area contributed by atoms with Gasteiger partial charge in [-0.1, -0.05) is 13.8 Å². The van der Waals surface area contributed by atoms with Crippen LogP contribution in [0.3, 0.4) is 0 Å². The molecule has 3 nitrogen and oxygen atoms in total. The van der Waals surface area contributed by atoms with Gasteiger partial charge in [-0.05, 0) is 36.4 Å². The number of fused-ring (bicyclic) bond motifs is 1. The molecule has 1 fully saturated rings. The second-order valence-corrected chi connectivity index (χ2v) is 6.39. The van der Waals surface area contributed by atoms with Crippen LogP contribution in [0, 0.1) is 5.92 Å². The molecule has 0 N–H and O–H groups in total. The molecule has 96 valence electrons. The maximum atomic E-state index is 6.05. The van der Waals surface area contributed by atoms with Crippen molar-refractivity contribution in [3.8, 4) is 0 Å². The Bertz CT molecular complexity index is 581. The Labute approximate surface area is 116 Å². The van der Waals surface area contributed by atoms with Crippen LogP contribution in [0.25, 0.3) is 10.2 Å². The maximum Gasteiger partial charge on any atom is 0.225 e. The zero-order valence-electron chi connectivity index (χ0n) is 10.6. The molecule has 3 rings (SSSR count). The van der Waals surface area contributed by atoms with Crippen molar-refractivity contribution in [1.29, 1.82) is 0 Å². The summed E-state index contributed by atoms with van der Waals surface area (Å²) in [6.07, 6.45) is 2.27. The molecule has 1 saturated heterocycles. The molecule has 2 aromatic heterocycles. The Morgan fingerprint density at radius 2 is 2.33 bits per heavy atom. The standard InChI is InChI=1S/C13H16ClN3S/c1-3-9-6-10-11(17-5-4-8(2)7-17)15-13(14)16-12(10)18-9/h6,8H,3-5,7H2,1-2H3. The number of halogens is 1. The highest BCUT2D eigenvalue weighted by molar-refractivity contribution is 7.18. The Hall–Kier alpha value is -0.870. The van der Waals surface area contributed by atoms with Gasteiger partial charge in [0.25, 0.3) is 0 Å². The average molecular weight is 282 g/mol. The number of hydrogen-bond donors (Lipinski definition) is 0. The first kappa shape index (κ1) is 12.2. The van der Waals surface area contributed by atoms with Crippen LogP contribution < -0.4 is 4.90 Å². The fourth-order valence-electron chi connectivity index (χ4n) is 2.47. The molecule has 1 atom stereocenters. The summed E-state index contributed by atoms with van der Waals surface area (Å²) >= 11 is 7.77. The van der Waals surface area contributed by atoms with Gasteiger partial charge in [-0.2, -0.15) is 4.98 Å². The van der Waals surface area contributed by atoms with E-state index in [0.717, 1.165) is 41.5 Å². The number of aromatic nitrogens is 2. The molecule has 18 heavy (non-hydrogen) atoms. The minimum atomic E-state index is 0.363. The number of anilines is 1. The second kappa shape index (κ2) is 4.67. The highest BCUT2D eigenvalue weighted by Crippen LogP contribution is 2.34. The normalized spacial score (nSPS) is 19.9. The van der Waals surface area contributed by atoms with Gasteiger partial charge in [0.2, 0.25) is 5.28 Å². The molecule has 0 spiro atoms. The Morgan fingerprint density at radius 1 is 1.50 bits per heavy atom. The molecule has 3 heterocycles. The lowest BCUT2D eigenvalue weighted by atomic mass is 10.2. The average Bonchev–Trinajstić information content (AvgIpc) is 2.93. The van der Waals surface area contributed by atoms with Crippen LogP contribution in [0.1, 0.15) is 25.1 Å². The topological polar surface area (TPSA) is 29.0 Å². The Kier molecular flexibility index (Phi) is 3.16. The van der Waals surface area contributed by atoms with E-state index in [1.54, 1.807) is 11.3 Å². The van der Waals surface area contributed by atoms with Crippen LogP contribution in [0.15, 0.2) is 6.07 Å². The van der Waals surface area contributed by atoms with E-state index in [2.05, 4.69) is 34.8 Å². The molecular weight excluding hydrogens is 266 g/mol. The van der Waals surface area contributed by atoms with Gasteiger partial charge >= 0.3 is 0 Å². The minimum Gasteiger partial charge on any atom is -0.356 e. The van der Waals surface area contributed by atoms with Crippen molar-refractivity contribution in [2.45, 2.75) is 26.7 Å². The smallest absolute Gasteiger partial charge is 0.225 e. The molecule has 5 heteroatoms. The van der Waals surface area contributed by atoms with Crippen molar-refractivity contribution in [1.82, 2.24) is 9.97 Å². The van der Waals surface area contributed by atoms with Gasteiger partial charge in [-0.15, -0.1) is 11.3 Å². The fraction of sp³-hybridized carbons (Fsp3) is 0.538. The van der Waals surface area contributed by atoms with Crippen LogP contribution in [0.4, 0.5) is 5.82 Å². The summed E-state index contributed by atoms with van der Waals surface area (Å²) in [6.45, 7) is 6.59. The van der Waals surface area contributed by atoms with Gasteiger partial charge < -0.3 is 4.90 Å².